The van der Waals surface area contributed by atoms with E-state index in [4.69, 9.17) is 14.3 Å². The quantitative estimate of drug-likeness (QED) is 0.257. The number of halogens is 2. The molecule has 0 saturated heterocycles. The highest BCUT2D eigenvalue weighted by Crippen LogP contribution is 2.38. The Morgan fingerprint density at radius 1 is 1.14 bits per heavy atom. The van der Waals surface area contributed by atoms with Crippen LogP contribution in [0.15, 0.2) is 42.6 Å². The maximum absolute atomic E-state index is 13.8. The third kappa shape index (κ3) is 6.36. The normalized spacial score (nSPS) is 12.9. The van der Waals surface area contributed by atoms with Gasteiger partial charge in [-0.05, 0) is 48.8 Å². The molecule has 1 unspecified atom stereocenters. The predicted molar refractivity (Wildman–Crippen MR) is 139 cm³/mol. The van der Waals surface area contributed by atoms with E-state index in [1.165, 1.54) is 19.4 Å². The number of anilines is 2. The highest BCUT2D eigenvalue weighted by atomic mass is 28.4. The van der Waals surface area contributed by atoms with E-state index in [1.54, 1.807) is 22.9 Å². The molecule has 194 valence electrons. The summed E-state index contributed by atoms with van der Waals surface area (Å²) in [4.78, 5) is 16.2. The van der Waals surface area contributed by atoms with Crippen LogP contribution in [0.3, 0.4) is 0 Å². The van der Waals surface area contributed by atoms with Gasteiger partial charge in [-0.1, -0.05) is 27.7 Å². The predicted octanol–water partition coefficient (Wildman–Crippen LogP) is 6.55. The van der Waals surface area contributed by atoms with Crippen molar-refractivity contribution in [1.82, 2.24) is 14.8 Å². The molecule has 3 rings (SSSR count). The number of hydrogen-bond donors (Lipinski definition) is 1. The molecule has 1 aromatic carbocycles. The lowest BCUT2D eigenvalue weighted by Crippen LogP contribution is -2.44. The molecule has 1 N–H and O–H groups in total. The molecule has 0 spiro atoms. The highest BCUT2D eigenvalue weighted by Gasteiger charge is 2.39. The van der Waals surface area contributed by atoms with Gasteiger partial charge in [-0.3, -0.25) is 4.68 Å². The molecular formula is C26H34F2N4O3Si. The van der Waals surface area contributed by atoms with Gasteiger partial charge >= 0.3 is 5.97 Å². The third-order valence-electron chi connectivity index (χ3n) is 6.52. The van der Waals surface area contributed by atoms with Crippen molar-refractivity contribution in [3.8, 4) is 11.3 Å². The molecule has 0 bridgehead atoms. The van der Waals surface area contributed by atoms with Crippen LogP contribution in [0.4, 0.5) is 20.3 Å². The van der Waals surface area contributed by atoms with Gasteiger partial charge in [0.25, 0.3) is 0 Å². The summed E-state index contributed by atoms with van der Waals surface area (Å²) < 4.78 is 40.4. The maximum Gasteiger partial charge on any atom is 0.356 e. The molecule has 36 heavy (non-hydrogen) atoms. The molecule has 0 fully saturated rings. The zero-order chi connectivity index (χ0) is 26.7. The lowest BCUT2D eigenvalue weighted by molar-refractivity contribution is 0.0594. The van der Waals surface area contributed by atoms with Crippen molar-refractivity contribution >= 4 is 25.8 Å². The van der Waals surface area contributed by atoms with Gasteiger partial charge in [0.15, 0.2) is 25.8 Å². The number of nitrogens with zero attached hydrogens (tertiary/aromatic N) is 3. The van der Waals surface area contributed by atoms with Gasteiger partial charge in [-0.15, -0.1) is 0 Å². The van der Waals surface area contributed by atoms with Gasteiger partial charge in [-0.25, -0.2) is 18.6 Å². The Hall–Kier alpha value is -3.11. The summed E-state index contributed by atoms with van der Waals surface area (Å²) >= 11 is 0. The number of carbonyl (C=O) groups excluding carboxylic acids is 1. The highest BCUT2D eigenvalue weighted by molar-refractivity contribution is 6.74. The second-order valence-electron chi connectivity index (χ2n) is 10.2. The number of pyridine rings is 1. The van der Waals surface area contributed by atoms with E-state index in [0.717, 1.165) is 18.6 Å². The minimum Gasteiger partial charge on any atom is -0.464 e. The number of methoxy groups -OCH3 is 1. The number of rotatable bonds is 9. The average Bonchev–Trinajstić information content (AvgIpc) is 3.21. The third-order valence-corrected chi connectivity index (χ3v) is 11.1. The van der Waals surface area contributed by atoms with E-state index in [9.17, 15) is 13.6 Å². The molecule has 3 aromatic rings. The van der Waals surface area contributed by atoms with Crippen molar-refractivity contribution in [3.05, 3.63) is 59.9 Å². The molecule has 2 heterocycles. The van der Waals surface area contributed by atoms with Crippen LogP contribution in [0.2, 0.25) is 18.1 Å². The molecule has 1 atom stereocenters. The summed E-state index contributed by atoms with van der Waals surface area (Å²) in [5.41, 5.74) is 1.95. The van der Waals surface area contributed by atoms with Crippen LogP contribution < -0.4 is 5.32 Å². The van der Waals surface area contributed by atoms with Gasteiger partial charge in [0.2, 0.25) is 0 Å². The Labute approximate surface area is 212 Å². The van der Waals surface area contributed by atoms with Crippen LogP contribution in [0.1, 0.15) is 44.6 Å². The second-order valence-corrected chi connectivity index (χ2v) is 14.9. The van der Waals surface area contributed by atoms with Gasteiger partial charge < -0.3 is 14.5 Å². The Bertz CT molecular complexity index is 1220. The first-order valence-corrected chi connectivity index (χ1v) is 14.8. The first-order chi connectivity index (χ1) is 16.8. The SMILES string of the molecule is CCC(Cn1nc(Nc2ccc(F)c(F)c2)cc1-c1ccnc(C(=O)OC)c1)O[Si](C)(C)C(C)(C)C. The zero-order valence-electron chi connectivity index (χ0n) is 21.9. The molecule has 7 nitrogen and oxygen atoms in total. The van der Waals surface area contributed by atoms with E-state index in [1.807, 2.05) is 0 Å². The van der Waals surface area contributed by atoms with Crippen LogP contribution in [0.5, 0.6) is 0 Å². The van der Waals surface area contributed by atoms with E-state index < -0.39 is 25.9 Å². The van der Waals surface area contributed by atoms with Crippen molar-refractivity contribution < 1.29 is 22.7 Å². The lowest BCUT2D eigenvalue weighted by atomic mass is 10.1. The van der Waals surface area contributed by atoms with Crippen LogP contribution in [-0.2, 0) is 15.7 Å². The van der Waals surface area contributed by atoms with Crippen LogP contribution in [0.25, 0.3) is 11.3 Å². The molecule has 0 aliphatic carbocycles. The molecule has 10 heteroatoms. The number of carbonyl (C=O) groups is 1. The largest absolute Gasteiger partial charge is 0.464 e. The topological polar surface area (TPSA) is 78.3 Å². The maximum atomic E-state index is 13.8. The summed E-state index contributed by atoms with van der Waals surface area (Å²) in [5, 5.41) is 7.78. The van der Waals surface area contributed by atoms with Crippen molar-refractivity contribution in [2.24, 2.45) is 0 Å². The van der Waals surface area contributed by atoms with Crippen molar-refractivity contribution in [2.75, 3.05) is 12.4 Å². The number of hydrogen-bond acceptors (Lipinski definition) is 6. The minimum absolute atomic E-state index is 0.0489. The summed E-state index contributed by atoms with van der Waals surface area (Å²) in [7, 11) is -0.739. The van der Waals surface area contributed by atoms with E-state index in [2.05, 4.69) is 51.1 Å². The molecule has 2 aromatic heterocycles. The molecule has 0 radical (unpaired) electrons. The van der Waals surface area contributed by atoms with E-state index in [0.29, 0.717) is 29.3 Å². The summed E-state index contributed by atoms with van der Waals surface area (Å²) in [5.74, 6) is -1.98. The number of nitrogens with one attached hydrogen (secondary N) is 1. The molecule has 0 aliphatic heterocycles. The molecule has 0 saturated carbocycles. The second kappa shape index (κ2) is 10.9. The Morgan fingerprint density at radius 2 is 1.86 bits per heavy atom. The van der Waals surface area contributed by atoms with Crippen molar-refractivity contribution in [1.29, 1.82) is 0 Å². The lowest BCUT2D eigenvalue weighted by Gasteiger charge is -2.39. The smallest absolute Gasteiger partial charge is 0.356 e. The Balaban J connectivity index is 2.00. The Kier molecular flexibility index (Phi) is 8.30. The van der Waals surface area contributed by atoms with Crippen LogP contribution in [0, 0.1) is 11.6 Å². The standard InChI is InChI=1S/C26H34F2N4O3Si/c1-8-19(35-36(6,7)26(2,3)4)16-32-23(17-11-12-29-22(13-17)25(33)34-5)15-24(31-32)30-18-9-10-20(27)21(28)14-18/h9-15,19H,8,16H2,1-7H3,(H,30,31). The first-order valence-electron chi connectivity index (χ1n) is 11.9. The summed E-state index contributed by atoms with van der Waals surface area (Å²) in [6.07, 6.45) is 2.22. The summed E-state index contributed by atoms with van der Waals surface area (Å²) in [6, 6.07) is 8.77. The molecule has 0 aliphatic rings. The zero-order valence-corrected chi connectivity index (χ0v) is 22.9. The molecular weight excluding hydrogens is 482 g/mol. The molecule has 0 amide bonds. The van der Waals surface area contributed by atoms with E-state index in [-0.39, 0.29) is 16.8 Å². The fourth-order valence-corrected chi connectivity index (χ4v) is 4.84. The first kappa shape index (κ1) is 27.5. The fourth-order valence-electron chi connectivity index (χ4n) is 3.41. The fraction of sp³-hybridized carbons (Fsp3) is 0.423. The van der Waals surface area contributed by atoms with Crippen LogP contribution in [-0.4, -0.2) is 42.3 Å². The minimum atomic E-state index is -2.04. The van der Waals surface area contributed by atoms with Gasteiger partial charge in [0, 0.05) is 29.6 Å². The average molecular weight is 517 g/mol. The van der Waals surface area contributed by atoms with Crippen molar-refractivity contribution in [2.45, 2.75) is 64.9 Å². The number of ether oxygens (including phenoxy) is 1. The number of aromatic nitrogens is 3. The van der Waals surface area contributed by atoms with Gasteiger partial charge in [-0.2, -0.15) is 5.10 Å². The van der Waals surface area contributed by atoms with Gasteiger partial charge in [0.05, 0.1) is 25.5 Å². The number of esters is 1. The van der Waals surface area contributed by atoms with Crippen LogP contribution >= 0.6 is 0 Å². The van der Waals surface area contributed by atoms with Crippen molar-refractivity contribution in [3.63, 3.8) is 0 Å². The summed E-state index contributed by atoms with van der Waals surface area (Å²) in [6.45, 7) is 13.5. The van der Waals surface area contributed by atoms with Gasteiger partial charge in [0.1, 0.15) is 5.69 Å². The van der Waals surface area contributed by atoms with E-state index >= 15 is 0 Å². The monoisotopic (exact) mass is 516 g/mol. The Morgan fingerprint density at radius 3 is 2.47 bits per heavy atom. The number of benzene rings is 1.